The van der Waals surface area contributed by atoms with E-state index in [1.54, 1.807) is 0 Å². The van der Waals surface area contributed by atoms with Crippen molar-refractivity contribution in [3.05, 3.63) is 15.1 Å². The molecule has 3 nitrogen and oxygen atoms in total. The van der Waals surface area contributed by atoms with Crippen molar-refractivity contribution in [2.45, 2.75) is 57.5 Å². The molecule has 0 atom stereocenters. The lowest BCUT2D eigenvalue weighted by Gasteiger charge is -2.16. The second-order valence-corrected chi connectivity index (χ2v) is 6.39. The number of halogens is 4. The Hall–Kier alpha value is -0.600. The van der Waals surface area contributed by atoms with Gasteiger partial charge >= 0.3 is 6.18 Å². The molecular formula is C14H19F3IN3. The molecule has 0 spiro atoms. The second-order valence-electron chi connectivity index (χ2n) is 5.31. The maximum atomic E-state index is 12.4. The van der Waals surface area contributed by atoms with Gasteiger partial charge in [-0.3, -0.25) is 0 Å². The van der Waals surface area contributed by atoms with Crippen LogP contribution in [0.1, 0.15) is 56.5 Å². The molecule has 1 N–H and O–H groups in total. The third-order valence-electron chi connectivity index (χ3n) is 3.64. The van der Waals surface area contributed by atoms with E-state index in [9.17, 15) is 13.2 Å². The van der Waals surface area contributed by atoms with Gasteiger partial charge in [0.05, 0.1) is 15.7 Å². The number of nitrogens with zero attached hydrogens (tertiary/aromatic N) is 2. The predicted molar refractivity (Wildman–Crippen MR) is 84.5 cm³/mol. The molecule has 0 aliphatic heterocycles. The van der Waals surface area contributed by atoms with E-state index in [2.05, 4.69) is 37.9 Å². The molecule has 1 aliphatic carbocycles. The molecule has 1 aromatic heterocycles. The van der Waals surface area contributed by atoms with Crippen LogP contribution in [0.4, 0.5) is 19.0 Å². The zero-order chi connectivity index (χ0) is 15.5. The van der Waals surface area contributed by atoms with E-state index in [-0.39, 0.29) is 6.42 Å². The summed E-state index contributed by atoms with van der Waals surface area (Å²) in [7, 11) is 0. The molecule has 2 rings (SSSR count). The van der Waals surface area contributed by atoms with Crippen LogP contribution in [0, 0.1) is 3.57 Å². The van der Waals surface area contributed by atoms with Crippen LogP contribution in [-0.2, 0) is 6.42 Å². The summed E-state index contributed by atoms with van der Waals surface area (Å²) in [4.78, 5) is 8.71. The molecule has 0 amide bonds. The Morgan fingerprint density at radius 3 is 2.48 bits per heavy atom. The van der Waals surface area contributed by atoms with Gasteiger partial charge < -0.3 is 5.32 Å². The van der Waals surface area contributed by atoms with Gasteiger partial charge in [-0.05, 0) is 42.4 Å². The number of hydrogen-bond acceptors (Lipinski definition) is 3. The summed E-state index contributed by atoms with van der Waals surface area (Å²) in [6.45, 7) is 2.64. The Morgan fingerprint density at radius 2 is 1.90 bits per heavy atom. The van der Waals surface area contributed by atoms with Crippen molar-refractivity contribution in [3.8, 4) is 0 Å². The molecule has 0 bridgehead atoms. The van der Waals surface area contributed by atoms with Crippen LogP contribution >= 0.6 is 22.6 Å². The fourth-order valence-electron chi connectivity index (χ4n) is 2.63. The molecule has 1 fully saturated rings. The normalized spacial score (nSPS) is 16.4. The average molecular weight is 413 g/mol. The molecule has 1 aromatic rings. The number of aryl methyl sites for hydroxylation is 1. The highest BCUT2D eigenvalue weighted by atomic mass is 127. The standard InChI is InChI=1S/C14H19F3IN3/c1-2-19-13-11(18)12(9-5-3-4-6-9)20-10(21-13)7-8-14(15,16)17/h9H,2-8H2,1H3,(H,19,20,21). The molecule has 118 valence electrons. The minimum Gasteiger partial charge on any atom is -0.369 e. The zero-order valence-corrected chi connectivity index (χ0v) is 14.1. The Labute approximate surface area is 136 Å². The topological polar surface area (TPSA) is 37.8 Å². The first kappa shape index (κ1) is 16.8. The van der Waals surface area contributed by atoms with Crippen molar-refractivity contribution in [2.75, 3.05) is 11.9 Å². The first-order valence-electron chi connectivity index (χ1n) is 7.27. The monoisotopic (exact) mass is 413 g/mol. The lowest BCUT2D eigenvalue weighted by atomic mass is 10.0. The maximum absolute atomic E-state index is 12.4. The van der Waals surface area contributed by atoms with Crippen LogP contribution in [0.15, 0.2) is 0 Å². The summed E-state index contributed by atoms with van der Waals surface area (Å²) in [5.41, 5.74) is 0.927. The summed E-state index contributed by atoms with van der Waals surface area (Å²) in [5.74, 6) is 1.33. The van der Waals surface area contributed by atoms with E-state index in [1.807, 2.05) is 6.92 Å². The molecular weight excluding hydrogens is 394 g/mol. The molecule has 1 aliphatic rings. The zero-order valence-electron chi connectivity index (χ0n) is 11.9. The third-order valence-corrected chi connectivity index (χ3v) is 4.70. The number of aromatic nitrogens is 2. The highest BCUT2D eigenvalue weighted by molar-refractivity contribution is 14.1. The van der Waals surface area contributed by atoms with Gasteiger partial charge in [0.15, 0.2) is 0 Å². The summed E-state index contributed by atoms with van der Waals surface area (Å²) < 4.78 is 38.1. The van der Waals surface area contributed by atoms with E-state index in [0.29, 0.717) is 24.1 Å². The van der Waals surface area contributed by atoms with Gasteiger partial charge in [0, 0.05) is 18.9 Å². The first-order chi connectivity index (χ1) is 9.90. The van der Waals surface area contributed by atoms with Gasteiger partial charge in [0.25, 0.3) is 0 Å². The first-order valence-corrected chi connectivity index (χ1v) is 8.35. The van der Waals surface area contributed by atoms with Crippen molar-refractivity contribution in [1.29, 1.82) is 0 Å². The molecule has 0 radical (unpaired) electrons. The van der Waals surface area contributed by atoms with Crippen LogP contribution in [0.25, 0.3) is 0 Å². The molecule has 0 unspecified atom stereocenters. The fraction of sp³-hybridized carbons (Fsp3) is 0.714. The Morgan fingerprint density at radius 1 is 1.24 bits per heavy atom. The van der Waals surface area contributed by atoms with Crippen molar-refractivity contribution in [2.24, 2.45) is 0 Å². The number of alkyl halides is 3. The second kappa shape index (κ2) is 7.11. The molecule has 21 heavy (non-hydrogen) atoms. The Kier molecular flexibility index (Phi) is 5.67. The SMILES string of the molecule is CCNc1nc(CCC(F)(F)F)nc(C2CCCC2)c1I. The van der Waals surface area contributed by atoms with Crippen molar-refractivity contribution < 1.29 is 13.2 Å². The van der Waals surface area contributed by atoms with E-state index >= 15 is 0 Å². The largest absolute Gasteiger partial charge is 0.389 e. The average Bonchev–Trinajstić information content (AvgIpc) is 2.92. The highest BCUT2D eigenvalue weighted by Crippen LogP contribution is 2.37. The summed E-state index contributed by atoms with van der Waals surface area (Å²) >= 11 is 2.21. The Bertz CT molecular complexity index is 485. The van der Waals surface area contributed by atoms with Gasteiger partial charge in [-0.2, -0.15) is 13.2 Å². The van der Waals surface area contributed by atoms with Crippen LogP contribution < -0.4 is 5.32 Å². The number of rotatable bonds is 5. The van der Waals surface area contributed by atoms with Crippen LogP contribution in [0.3, 0.4) is 0 Å². The molecule has 1 heterocycles. The van der Waals surface area contributed by atoms with Gasteiger partial charge in [-0.15, -0.1) is 0 Å². The number of anilines is 1. The van der Waals surface area contributed by atoms with E-state index in [0.717, 1.165) is 22.1 Å². The van der Waals surface area contributed by atoms with Crippen molar-refractivity contribution in [3.63, 3.8) is 0 Å². The third kappa shape index (κ3) is 4.69. The van der Waals surface area contributed by atoms with Gasteiger partial charge in [0.2, 0.25) is 0 Å². The maximum Gasteiger partial charge on any atom is 0.389 e. The van der Waals surface area contributed by atoms with Crippen molar-refractivity contribution >= 4 is 28.4 Å². The molecule has 0 saturated heterocycles. The number of nitrogens with one attached hydrogen (secondary N) is 1. The minimum atomic E-state index is -4.17. The predicted octanol–water partition coefficient (Wildman–Crippen LogP) is 4.67. The molecule has 1 saturated carbocycles. The Balaban J connectivity index is 2.27. The van der Waals surface area contributed by atoms with Crippen molar-refractivity contribution in [1.82, 2.24) is 9.97 Å². The highest BCUT2D eigenvalue weighted by Gasteiger charge is 2.28. The van der Waals surface area contributed by atoms with Gasteiger partial charge in [-0.1, -0.05) is 12.8 Å². The quantitative estimate of drug-likeness (QED) is 0.714. The summed E-state index contributed by atoms with van der Waals surface area (Å²) in [5, 5.41) is 3.14. The lowest BCUT2D eigenvalue weighted by Crippen LogP contribution is -2.14. The summed E-state index contributed by atoms with van der Waals surface area (Å²) in [6.07, 6.45) is -0.729. The van der Waals surface area contributed by atoms with Gasteiger partial charge in [-0.25, -0.2) is 9.97 Å². The van der Waals surface area contributed by atoms with Crippen LogP contribution in [0.5, 0.6) is 0 Å². The molecule has 0 aromatic carbocycles. The lowest BCUT2D eigenvalue weighted by molar-refractivity contribution is -0.134. The molecule has 7 heteroatoms. The smallest absolute Gasteiger partial charge is 0.369 e. The van der Waals surface area contributed by atoms with Gasteiger partial charge in [0.1, 0.15) is 11.6 Å². The van der Waals surface area contributed by atoms with Crippen LogP contribution in [-0.4, -0.2) is 22.7 Å². The van der Waals surface area contributed by atoms with E-state index in [4.69, 9.17) is 0 Å². The fourth-order valence-corrected chi connectivity index (χ4v) is 3.50. The van der Waals surface area contributed by atoms with E-state index in [1.165, 1.54) is 12.8 Å². The van der Waals surface area contributed by atoms with Crippen LogP contribution in [0.2, 0.25) is 0 Å². The van der Waals surface area contributed by atoms with E-state index < -0.39 is 12.6 Å². The number of hydrogen-bond donors (Lipinski definition) is 1. The summed E-state index contributed by atoms with van der Waals surface area (Å²) in [6, 6.07) is 0. The minimum absolute atomic E-state index is 0.154.